The summed E-state index contributed by atoms with van der Waals surface area (Å²) in [4.78, 5) is 14.1. The molecule has 1 aromatic rings. The van der Waals surface area contributed by atoms with Crippen LogP contribution in [0.5, 0.6) is 0 Å². The van der Waals surface area contributed by atoms with Crippen molar-refractivity contribution >= 4 is 11.6 Å². The lowest BCUT2D eigenvalue weighted by Crippen LogP contribution is -2.54. The van der Waals surface area contributed by atoms with E-state index >= 15 is 0 Å². The molecular formula is C15H16FN3O2. The maximum Gasteiger partial charge on any atom is 0.245 e. The Morgan fingerprint density at radius 3 is 2.95 bits per heavy atom. The first-order chi connectivity index (χ1) is 10.2. The summed E-state index contributed by atoms with van der Waals surface area (Å²) in [5.41, 5.74) is 0.608. The molecule has 21 heavy (non-hydrogen) atoms. The second kappa shape index (κ2) is 5.70. The fraction of sp³-hybridized carbons (Fsp3) is 0.467. The Balaban J connectivity index is 1.81. The van der Waals surface area contributed by atoms with Crippen LogP contribution in [0, 0.1) is 17.1 Å². The van der Waals surface area contributed by atoms with Gasteiger partial charge in [-0.2, -0.15) is 5.26 Å². The number of ether oxygens (including phenoxy) is 1. The zero-order chi connectivity index (χ0) is 14.8. The van der Waals surface area contributed by atoms with Crippen LogP contribution in [0.2, 0.25) is 0 Å². The van der Waals surface area contributed by atoms with Gasteiger partial charge in [0.15, 0.2) is 0 Å². The number of carbonyl (C=O) groups is 1. The van der Waals surface area contributed by atoms with Gasteiger partial charge in [0.05, 0.1) is 18.8 Å². The van der Waals surface area contributed by atoms with Crippen molar-refractivity contribution in [2.75, 3.05) is 24.7 Å². The fourth-order valence-electron chi connectivity index (χ4n) is 2.43. The van der Waals surface area contributed by atoms with Gasteiger partial charge >= 0.3 is 0 Å². The second-order valence-corrected chi connectivity index (χ2v) is 5.34. The van der Waals surface area contributed by atoms with Crippen LogP contribution >= 0.6 is 0 Å². The molecule has 0 bridgehead atoms. The summed E-state index contributed by atoms with van der Waals surface area (Å²) in [6.07, 6.45) is 2.04. The maximum atomic E-state index is 13.8. The van der Waals surface area contributed by atoms with Gasteiger partial charge in [-0.25, -0.2) is 4.39 Å². The largest absolute Gasteiger partial charge is 0.377 e. The molecule has 5 nitrogen and oxygen atoms in total. The molecule has 0 radical (unpaired) electrons. The normalized spacial score (nSPS) is 21.7. The number of anilines is 1. The van der Waals surface area contributed by atoms with E-state index in [9.17, 15) is 9.18 Å². The summed E-state index contributed by atoms with van der Waals surface area (Å²) in [6.45, 7) is 1.31. The molecule has 1 aliphatic heterocycles. The first-order valence-corrected chi connectivity index (χ1v) is 7.03. The van der Waals surface area contributed by atoms with E-state index < -0.39 is 11.9 Å². The topological polar surface area (TPSA) is 65.4 Å². The van der Waals surface area contributed by atoms with Gasteiger partial charge in [0, 0.05) is 18.3 Å². The highest BCUT2D eigenvalue weighted by molar-refractivity contribution is 5.86. The van der Waals surface area contributed by atoms with Gasteiger partial charge in [0.25, 0.3) is 0 Å². The Bertz CT molecular complexity index is 595. The predicted molar refractivity (Wildman–Crippen MR) is 74.2 cm³/mol. The standard InChI is InChI=1S/C15H16FN3O2/c16-13-7-12(4-1-10(13)8-17)19-5-6-21-9-14(19)15(20)18-11-2-3-11/h1,4,7,11,14H,2-3,5-6,9H2,(H,18,20). The number of amides is 1. The van der Waals surface area contributed by atoms with Gasteiger partial charge in [-0.1, -0.05) is 0 Å². The highest BCUT2D eigenvalue weighted by Crippen LogP contribution is 2.24. The van der Waals surface area contributed by atoms with Crippen LogP contribution in [0.15, 0.2) is 18.2 Å². The summed E-state index contributed by atoms with van der Waals surface area (Å²) >= 11 is 0. The van der Waals surface area contributed by atoms with Crippen molar-refractivity contribution in [2.45, 2.75) is 24.9 Å². The molecule has 1 aliphatic carbocycles. The van der Waals surface area contributed by atoms with Gasteiger partial charge in [-0.05, 0) is 31.0 Å². The van der Waals surface area contributed by atoms with Crippen molar-refractivity contribution in [2.24, 2.45) is 0 Å². The first-order valence-electron chi connectivity index (χ1n) is 7.03. The molecule has 6 heteroatoms. The average molecular weight is 289 g/mol. The number of morpholine rings is 1. The van der Waals surface area contributed by atoms with Crippen molar-refractivity contribution < 1.29 is 13.9 Å². The number of nitriles is 1. The molecule has 1 amide bonds. The first kappa shape index (κ1) is 13.8. The Hall–Kier alpha value is -2.13. The number of benzene rings is 1. The lowest BCUT2D eigenvalue weighted by atomic mass is 10.1. The molecule has 1 aromatic carbocycles. The summed E-state index contributed by atoms with van der Waals surface area (Å²) in [6, 6.07) is 6.04. The molecule has 0 spiro atoms. The molecule has 1 heterocycles. The maximum absolute atomic E-state index is 13.8. The second-order valence-electron chi connectivity index (χ2n) is 5.34. The lowest BCUT2D eigenvalue weighted by Gasteiger charge is -2.36. The van der Waals surface area contributed by atoms with E-state index in [1.165, 1.54) is 12.1 Å². The van der Waals surface area contributed by atoms with Crippen LogP contribution in [0.25, 0.3) is 0 Å². The van der Waals surface area contributed by atoms with Crippen LogP contribution in [0.1, 0.15) is 18.4 Å². The smallest absolute Gasteiger partial charge is 0.245 e. The third-order valence-corrected chi connectivity index (χ3v) is 3.76. The number of rotatable bonds is 3. The van der Waals surface area contributed by atoms with Crippen molar-refractivity contribution in [3.8, 4) is 6.07 Å². The van der Waals surface area contributed by atoms with E-state index in [0.717, 1.165) is 12.8 Å². The van der Waals surface area contributed by atoms with Gasteiger partial charge < -0.3 is 15.0 Å². The van der Waals surface area contributed by atoms with Crippen LogP contribution in [0.4, 0.5) is 10.1 Å². The number of carbonyl (C=O) groups excluding carboxylic acids is 1. The van der Waals surface area contributed by atoms with Gasteiger partial charge in [-0.3, -0.25) is 4.79 Å². The van der Waals surface area contributed by atoms with Crippen molar-refractivity contribution in [3.05, 3.63) is 29.6 Å². The molecule has 3 rings (SSSR count). The predicted octanol–water partition coefficient (Wildman–Crippen LogP) is 1.18. The number of hydrogen-bond acceptors (Lipinski definition) is 4. The van der Waals surface area contributed by atoms with Crippen molar-refractivity contribution in [1.82, 2.24) is 5.32 Å². The van der Waals surface area contributed by atoms with E-state index in [2.05, 4.69) is 5.32 Å². The fourth-order valence-corrected chi connectivity index (χ4v) is 2.43. The molecule has 2 fully saturated rings. The minimum atomic E-state index is -0.567. The number of nitrogens with zero attached hydrogens (tertiary/aromatic N) is 2. The van der Waals surface area contributed by atoms with E-state index in [0.29, 0.717) is 25.4 Å². The molecule has 110 valence electrons. The van der Waals surface area contributed by atoms with Crippen LogP contribution in [0.3, 0.4) is 0 Å². The SMILES string of the molecule is N#Cc1ccc(N2CCOCC2C(=O)NC2CC2)cc1F. The average Bonchev–Trinajstić information content (AvgIpc) is 3.31. The zero-order valence-corrected chi connectivity index (χ0v) is 11.5. The molecule has 2 aliphatic rings. The third-order valence-electron chi connectivity index (χ3n) is 3.76. The number of halogens is 1. The van der Waals surface area contributed by atoms with E-state index in [1.54, 1.807) is 12.1 Å². The Morgan fingerprint density at radius 1 is 1.48 bits per heavy atom. The van der Waals surface area contributed by atoms with Crippen LogP contribution < -0.4 is 10.2 Å². The monoisotopic (exact) mass is 289 g/mol. The van der Waals surface area contributed by atoms with Crippen LogP contribution in [-0.4, -0.2) is 37.7 Å². The quantitative estimate of drug-likeness (QED) is 0.907. The Labute approximate surface area is 122 Å². The van der Waals surface area contributed by atoms with Gasteiger partial charge in [0.2, 0.25) is 5.91 Å². The summed E-state index contributed by atoms with van der Waals surface area (Å²) in [5, 5.41) is 11.7. The molecular weight excluding hydrogens is 273 g/mol. The summed E-state index contributed by atoms with van der Waals surface area (Å²) in [5.74, 6) is -0.648. The molecule has 1 saturated heterocycles. The van der Waals surface area contributed by atoms with Gasteiger partial charge in [0.1, 0.15) is 17.9 Å². The molecule has 1 N–H and O–H groups in total. The van der Waals surface area contributed by atoms with E-state index in [4.69, 9.17) is 10.00 Å². The lowest BCUT2D eigenvalue weighted by molar-refractivity contribution is -0.124. The minimum absolute atomic E-state index is 0.00555. The van der Waals surface area contributed by atoms with Gasteiger partial charge in [-0.15, -0.1) is 0 Å². The Kier molecular flexibility index (Phi) is 3.76. The summed E-state index contributed by atoms with van der Waals surface area (Å²) in [7, 11) is 0. The minimum Gasteiger partial charge on any atom is -0.377 e. The van der Waals surface area contributed by atoms with E-state index in [1.807, 2.05) is 4.90 Å². The van der Waals surface area contributed by atoms with E-state index in [-0.39, 0.29) is 17.5 Å². The molecule has 1 atom stereocenters. The highest BCUT2D eigenvalue weighted by atomic mass is 19.1. The zero-order valence-electron chi connectivity index (χ0n) is 11.5. The molecule has 1 saturated carbocycles. The number of hydrogen-bond donors (Lipinski definition) is 1. The van der Waals surface area contributed by atoms with Crippen molar-refractivity contribution in [1.29, 1.82) is 5.26 Å². The van der Waals surface area contributed by atoms with Crippen molar-refractivity contribution in [3.63, 3.8) is 0 Å². The molecule has 1 unspecified atom stereocenters. The molecule has 0 aromatic heterocycles. The van der Waals surface area contributed by atoms with Crippen LogP contribution in [-0.2, 0) is 9.53 Å². The Morgan fingerprint density at radius 2 is 2.29 bits per heavy atom. The highest BCUT2D eigenvalue weighted by Gasteiger charge is 2.33. The third kappa shape index (κ3) is 2.98. The number of nitrogens with one attached hydrogen (secondary N) is 1. The summed E-state index contributed by atoms with van der Waals surface area (Å²) < 4.78 is 19.2.